The molecule has 0 spiro atoms. The quantitative estimate of drug-likeness (QED) is 0.754. The highest BCUT2D eigenvalue weighted by Gasteiger charge is 2.15. The summed E-state index contributed by atoms with van der Waals surface area (Å²) in [5, 5.41) is 2.71. The van der Waals surface area contributed by atoms with E-state index >= 15 is 0 Å². The second-order valence-corrected chi connectivity index (χ2v) is 5.46. The van der Waals surface area contributed by atoms with E-state index in [2.05, 4.69) is 16.2 Å². The van der Waals surface area contributed by atoms with Crippen LogP contribution in [0.15, 0.2) is 54.6 Å². The van der Waals surface area contributed by atoms with Crippen molar-refractivity contribution in [3.05, 3.63) is 65.7 Å². The first-order chi connectivity index (χ1) is 11.5. The van der Waals surface area contributed by atoms with E-state index in [0.717, 1.165) is 0 Å². The number of carbonyl (C=O) groups excluding carboxylic acids is 3. The number of hydrazine groups is 1. The van der Waals surface area contributed by atoms with Crippen molar-refractivity contribution in [2.45, 2.75) is 13.8 Å². The van der Waals surface area contributed by atoms with Gasteiger partial charge in [0.05, 0.1) is 11.3 Å². The van der Waals surface area contributed by atoms with Crippen LogP contribution >= 0.6 is 0 Å². The van der Waals surface area contributed by atoms with Gasteiger partial charge in [-0.15, -0.1) is 0 Å². The molecule has 0 aliphatic rings. The van der Waals surface area contributed by atoms with Crippen LogP contribution in [0.3, 0.4) is 0 Å². The predicted octanol–water partition coefficient (Wildman–Crippen LogP) is 2.36. The summed E-state index contributed by atoms with van der Waals surface area (Å²) >= 11 is 0. The van der Waals surface area contributed by atoms with Gasteiger partial charge in [0.1, 0.15) is 0 Å². The minimum atomic E-state index is -0.507. The monoisotopic (exact) mass is 325 g/mol. The van der Waals surface area contributed by atoms with E-state index in [-0.39, 0.29) is 23.3 Å². The standard InChI is InChI=1S/C18H19N3O3/c1-12(2)16(22)20-21-18(24)14-10-6-7-11-15(14)19-17(23)13-8-4-3-5-9-13/h3-12H,1-2H3,(H,19,23)(H,20,22)(H,21,24). The maximum absolute atomic E-state index is 12.2. The smallest absolute Gasteiger partial charge is 0.271 e. The number of amides is 3. The molecule has 0 bridgehead atoms. The molecule has 0 atom stereocenters. The van der Waals surface area contributed by atoms with Crippen LogP contribution in [0.1, 0.15) is 34.6 Å². The van der Waals surface area contributed by atoms with E-state index < -0.39 is 5.91 Å². The number of para-hydroxylation sites is 1. The minimum absolute atomic E-state index is 0.252. The van der Waals surface area contributed by atoms with Crippen LogP contribution in [0.4, 0.5) is 5.69 Å². The lowest BCUT2D eigenvalue weighted by atomic mass is 10.1. The summed E-state index contributed by atoms with van der Waals surface area (Å²) in [6, 6.07) is 15.3. The Labute approximate surface area is 140 Å². The predicted molar refractivity (Wildman–Crippen MR) is 91.3 cm³/mol. The zero-order chi connectivity index (χ0) is 17.5. The highest BCUT2D eigenvalue weighted by molar-refractivity contribution is 6.09. The lowest BCUT2D eigenvalue weighted by Gasteiger charge is -2.13. The number of nitrogens with one attached hydrogen (secondary N) is 3. The fourth-order valence-electron chi connectivity index (χ4n) is 1.90. The van der Waals surface area contributed by atoms with E-state index in [4.69, 9.17) is 0 Å². The lowest BCUT2D eigenvalue weighted by molar-refractivity contribution is -0.124. The van der Waals surface area contributed by atoms with Gasteiger partial charge >= 0.3 is 0 Å². The third-order valence-corrected chi connectivity index (χ3v) is 3.28. The molecule has 0 aliphatic heterocycles. The largest absolute Gasteiger partial charge is 0.321 e. The summed E-state index contributed by atoms with van der Waals surface area (Å²) in [5.74, 6) is -1.37. The summed E-state index contributed by atoms with van der Waals surface area (Å²) in [6.45, 7) is 3.44. The van der Waals surface area contributed by atoms with Crippen molar-refractivity contribution in [2.24, 2.45) is 5.92 Å². The summed E-state index contributed by atoms with van der Waals surface area (Å²) in [4.78, 5) is 36.0. The van der Waals surface area contributed by atoms with Crippen LogP contribution in [0.2, 0.25) is 0 Å². The highest BCUT2D eigenvalue weighted by atomic mass is 16.2. The first kappa shape index (κ1) is 17.2. The summed E-state index contributed by atoms with van der Waals surface area (Å²) in [5.41, 5.74) is 5.79. The zero-order valence-electron chi connectivity index (χ0n) is 13.5. The third kappa shape index (κ3) is 4.42. The van der Waals surface area contributed by atoms with Crippen LogP contribution in [0.25, 0.3) is 0 Å². The fraction of sp³-hybridized carbons (Fsp3) is 0.167. The molecule has 6 nitrogen and oxygen atoms in total. The van der Waals surface area contributed by atoms with Gasteiger partial charge in [-0.3, -0.25) is 25.2 Å². The lowest BCUT2D eigenvalue weighted by Crippen LogP contribution is -2.43. The van der Waals surface area contributed by atoms with Crippen molar-refractivity contribution in [2.75, 3.05) is 5.32 Å². The Morgan fingerprint density at radius 3 is 2.08 bits per heavy atom. The van der Waals surface area contributed by atoms with E-state index in [0.29, 0.717) is 11.3 Å². The average molecular weight is 325 g/mol. The van der Waals surface area contributed by atoms with Crippen molar-refractivity contribution >= 4 is 23.4 Å². The third-order valence-electron chi connectivity index (χ3n) is 3.28. The maximum atomic E-state index is 12.2. The molecule has 0 aliphatic carbocycles. The molecule has 3 N–H and O–H groups in total. The Morgan fingerprint density at radius 2 is 1.42 bits per heavy atom. The zero-order valence-corrected chi connectivity index (χ0v) is 13.5. The van der Waals surface area contributed by atoms with Crippen molar-refractivity contribution in [1.82, 2.24) is 10.9 Å². The minimum Gasteiger partial charge on any atom is -0.321 e. The molecule has 2 aromatic carbocycles. The van der Waals surface area contributed by atoms with Crippen molar-refractivity contribution < 1.29 is 14.4 Å². The molecule has 0 saturated heterocycles. The van der Waals surface area contributed by atoms with E-state index in [1.54, 1.807) is 62.4 Å². The van der Waals surface area contributed by atoms with Crippen LogP contribution in [-0.4, -0.2) is 17.7 Å². The molecular weight excluding hydrogens is 306 g/mol. The van der Waals surface area contributed by atoms with Gasteiger partial charge in [0.25, 0.3) is 11.8 Å². The van der Waals surface area contributed by atoms with Gasteiger partial charge in [-0.1, -0.05) is 44.2 Å². The van der Waals surface area contributed by atoms with Gasteiger partial charge in [-0.2, -0.15) is 0 Å². The van der Waals surface area contributed by atoms with Gasteiger partial charge < -0.3 is 5.32 Å². The Morgan fingerprint density at radius 1 is 0.792 bits per heavy atom. The Hall–Kier alpha value is -3.15. The molecule has 0 heterocycles. The average Bonchev–Trinajstić information content (AvgIpc) is 2.60. The Balaban J connectivity index is 2.11. The molecule has 0 fully saturated rings. The van der Waals surface area contributed by atoms with Gasteiger partial charge in [-0.25, -0.2) is 0 Å². The van der Waals surface area contributed by atoms with Gasteiger partial charge in [0, 0.05) is 11.5 Å². The van der Waals surface area contributed by atoms with Crippen LogP contribution < -0.4 is 16.2 Å². The second-order valence-electron chi connectivity index (χ2n) is 5.46. The molecule has 0 aromatic heterocycles. The fourth-order valence-corrected chi connectivity index (χ4v) is 1.90. The van der Waals surface area contributed by atoms with Crippen molar-refractivity contribution in [3.8, 4) is 0 Å². The SMILES string of the molecule is CC(C)C(=O)NNC(=O)c1ccccc1NC(=O)c1ccccc1. The molecular formula is C18H19N3O3. The van der Waals surface area contributed by atoms with E-state index in [1.165, 1.54) is 0 Å². The van der Waals surface area contributed by atoms with Gasteiger partial charge in [0.15, 0.2) is 0 Å². The number of carbonyl (C=O) groups is 3. The number of hydrogen-bond acceptors (Lipinski definition) is 3. The summed E-state index contributed by atoms with van der Waals surface area (Å²) in [7, 11) is 0. The summed E-state index contributed by atoms with van der Waals surface area (Å²) < 4.78 is 0. The molecule has 2 rings (SSSR count). The van der Waals surface area contributed by atoms with Crippen LogP contribution in [0, 0.1) is 5.92 Å². The second kappa shape index (κ2) is 7.92. The van der Waals surface area contributed by atoms with Gasteiger partial charge in [0.2, 0.25) is 5.91 Å². The van der Waals surface area contributed by atoms with E-state index in [1.807, 2.05) is 6.07 Å². The normalized spacial score (nSPS) is 10.1. The molecule has 0 unspecified atom stereocenters. The maximum Gasteiger partial charge on any atom is 0.271 e. The first-order valence-electron chi connectivity index (χ1n) is 7.54. The highest BCUT2D eigenvalue weighted by Crippen LogP contribution is 2.16. The summed E-state index contributed by atoms with van der Waals surface area (Å²) in [6.07, 6.45) is 0. The van der Waals surface area contributed by atoms with Gasteiger partial charge in [-0.05, 0) is 24.3 Å². The topological polar surface area (TPSA) is 87.3 Å². The Kier molecular flexibility index (Phi) is 5.68. The van der Waals surface area contributed by atoms with Crippen molar-refractivity contribution in [1.29, 1.82) is 0 Å². The molecule has 124 valence electrons. The van der Waals surface area contributed by atoms with Crippen LogP contribution in [-0.2, 0) is 4.79 Å². The molecule has 3 amide bonds. The van der Waals surface area contributed by atoms with Crippen molar-refractivity contribution in [3.63, 3.8) is 0 Å². The Bertz CT molecular complexity index is 742. The van der Waals surface area contributed by atoms with Crippen LogP contribution in [0.5, 0.6) is 0 Å². The molecule has 6 heteroatoms. The number of benzene rings is 2. The molecule has 0 saturated carbocycles. The molecule has 2 aromatic rings. The molecule has 0 radical (unpaired) electrons. The first-order valence-corrected chi connectivity index (χ1v) is 7.54. The number of hydrogen-bond donors (Lipinski definition) is 3. The number of rotatable bonds is 4. The number of anilines is 1. The van der Waals surface area contributed by atoms with E-state index in [9.17, 15) is 14.4 Å². The molecule has 24 heavy (non-hydrogen) atoms.